The van der Waals surface area contributed by atoms with Gasteiger partial charge in [0.2, 0.25) is 11.8 Å². The highest BCUT2D eigenvalue weighted by atomic mass is 16.5. The van der Waals surface area contributed by atoms with Gasteiger partial charge in [0.1, 0.15) is 6.10 Å². The van der Waals surface area contributed by atoms with Crippen molar-refractivity contribution in [1.29, 1.82) is 0 Å². The molecule has 6 nitrogen and oxygen atoms in total. The lowest BCUT2D eigenvalue weighted by molar-refractivity contribution is -0.140. The molecule has 1 saturated heterocycles. The van der Waals surface area contributed by atoms with E-state index in [1.54, 1.807) is 0 Å². The maximum absolute atomic E-state index is 12.4. The molecule has 2 fully saturated rings. The minimum Gasteiger partial charge on any atom is -0.367 e. The molecule has 2 rings (SSSR count). The van der Waals surface area contributed by atoms with Crippen LogP contribution in [-0.4, -0.2) is 54.6 Å². The zero-order valence-electron chi connectivity index (χ0n) is 13.0. The number of rotatable bonds is 4. The maximum Gasteiger partial charge on any atom is 0.247 e. The molecule has 120 valence electrons. The third-order valence-electron chi connectivity index (χ3n) is 4.70. The van der Waals surface area contributed by atoms with Crippen molar-refractivity contribution in [2.24, 2.45) is 11.7 Å². The number of hydrogen-bond acceptors (Lipinski definition) is 4. The van der Waals surface area contributed by atoms with E-state index in [0.29, 0.717) is 25.7 Å². The van der Waals surface area contributed by atoms with Crippen LogP contribution >= 0.6 is 0 Å². The van der Waals surface area contributed by atoms with Gasteiger partial charge in [0.05, 0.1) is 12.6 Å². The first kappa shape index (κ1) is 16.2. The van der Waals surface area contributed by atoms with Crippen molar-refractivity contribution in [2.75, 3.05) is 19.7 Å². The van der Waals surface area contributed by atoms with E-state index in [4.69, 9.17) is 10.5 Å². The standard InChI is InChI=1S/C15H27N3O3/c1-10-3-5-12(6-4-10)17-15(20)11(2)18-7-8-21-13(9-18)14(16)19/h10-13H,3-9H2,1-2H3,(H2,16,19)(H,17,20). The summed E-state index contributed by atoms with van der Waals surface area (Å²) in [6.07, 6.45) is 3.88. The Morgan fingerprint density at radius 2 is 1.95 bits per heavy atom. The third kappa shape index (κ3) is 4.41. The van der Waals surface area contributed by atoms with Crippen molar-refractivity contribution in [3.8, 4) is 0 Å². The zero-order chi connectivity index (χ0) is 15.4. The van der Waals surface area contributed by atoms with E-state index in [9.17, 15) is 9.59 Å². The number of ether oxygens (including phenoxy) is 1. The Hall–Kier alpha value is -1.14. The smallest absolute Gasteiger partial charge is 0.247 e. The summed E-state index contributed by atoms with van der Waals surface area (Å²) in [5, 5.41) is 3.14. The van der Waals surface area contributed by atoms with E-state index in [2.05, 4.69) is 12.2 Å². The van der Waals surface area contributed by atoms with E-state index in [0.717, 1.165) is 18.8 Å². The lowest BCUT2D eigenvalue weighted by Gasteiger charge is -2.36. The van der Waals surface area contributed by atoms with E-state index < -0.39 is 12.0 Å². The first-order valence-electron chi connectivity index (χ1n) is 7.92. The summed E-state index contributed by atoms with van der Waals surface area (Å²) in [5.41, 5.74) is 5.28. The molecule has 0 aromatic carbocycles. The SMILES string of the molecule is CC1CCC(NC(=O)C(C)N2CCOC(C(N)=O)C2)CC1. The van der Waals surface area contributed by atoms with Crippen molar-refractivity contribution in [3.63, 3.8) is 0 Å². The van der Waals surface area contributed by atoms with Crippen LogP contribution in [0.1, 0.15) is 39.5 Å². The molecule has 3 N–H and O–H groups in total. The molecule has 1 aliphatic heterocycles. The van der Waals surface area contributed by atoms with Gasteiger partial charge in [-0.1, -0.05) is 6.92 Å². The Kier molecular flexibility index (Phi) is 5.58. The Morgan fingerprint density at radius 3 is 2.57 bits per heavy atom. The molecule has 2 aliphatic rings. The number of nitrogens with two attached hydrogens (primary N) is 1. The van der Waals surface area contributed by atoms with Crippen molar-refractivity contribution >= 4 is 11.8 Å². The topological polar surface area (TPSA) is 84.7 Å². The van der Waals surface area contributed by atoms with Crippen LogP contribution < -0.4 is 11.1 Å². The van der Waals surface area contributed by atoms with Crippen LogP contribution in [0.3, 0.4) is 0 Å². The normalized spacial score (nSPS) is 32.4. The van der Waals surface area contributed by atoms with Crippen LogP contribution in [0.5, 0.6) is 0 Å². The van der Waals surface area contributed by atoms with Gasteiger partial charge in [-0.2, -0.15) is 0 Å². The van der Waals surface area contributed by atoms with Crippen molar-refractivity contribution in [1.82, 2.24) is 10.2 Å². The average Bonchev–Trinajstić information content (AvgIpc) is 2.49. The second kappa shape index (κ2) is 7.22. The zero-order valence-corrected chi connectivity index (χ0v) is 13.0. The first-order valence-corrected chi connectivity index (χ1v) is 7.92. The van der Waals surface area contributed by atoms with Crippen LogP contribution in [0.2, 0.25) is 0 Å². The molecule has 0 aromatic heterocycles. The second-order valence-electron chi connectivity index (χ2n) is 6.40. The fraction of sp³-hybridized carbons (Fsp3) is 0.867. The average molecular weight is 297 g/mol. The van der Waals surface area contributed by atoms with Gasteiger partial charge in [0, 0.05) is 19.1 Å². The van der Waals surface area contributed by atoms with E-state index in [1.807, 2.05) is 11.8 Å². The number of primary amides is 1. The summed E-state index contributed by atoms with van der Waals surface area (Å²) in [6, 6.07) is 0.0410. The molecule has 2 unspecified atom stereocenters. The molecular formula is C15H27N3O3. The predicted molar refractivity (Wildman–Crippen MR) is 79.5 cm³/mol. The summed E-state index contributed by atoms with van der Waals surface area (Å²) in [4.78, 5) is 25.5. The Morgan fingerprint density at radius 1 is 1.29 bits per heavy atom. The van der Waals surface area contributed by atoms with Crippen LogP contribution in [0, 0.1) is 5.92 Å². The highest BCUT2D eigenvalue weighted by Gasteiger charge is 2.31. The monoisotopic (exact) mass is 297 g/mol. The van der Waals surface area contributed by atoms with Gasteiger partial charge in [-0.15, -0.1) is 0 Å². The quantitative estimate of drug-likeness (QED) is 0.779. The third-order valence-corrected chi connectivity index (χ3v) is 4.70. The number of morpholine rings is 1. The molecule has 1 saturated carbocycles. The van der Waals surface area contributed by atoms with Crippen LogP contribution in [0.25, 0.3) is 0 Å². The number of nitrogens with zero attached hydrogens (tertiary/aromatic N) is 1. The van der Waals surface area contributed by atoms with E-state index in [-0.39, 0.29) is 11.9 Å². The molecule has 21 heavy (non-hydrogen) atoms. The molecule has 0 radical (unpaired) electrons. The number of carbonyl (C=O) groups excluding carboxylic acids is 2. The van der Waals surface area contributed by atoms with Crippen molar-refractivity contribution in [3.05, 3.63) is 0 Å². The van der Waals surface area contributed by atoms with Crippen molar-refractivity contribution in [2.45, 2.75) is 57.7 Å². The molecule has 0 aromatic rings. The van der Waals surface area contributed by atoms with Gasteiger partial charge in [-0.25, -0.2) is 0 Å². The van der Waals surface area contributed by atoms with Gasteiger partial charge in [0.15, 0.2) is 0 Å². The number of hydrogen-bond donors (Lipinski definition) is 2. The molecule has 0 bridgehead atoms. The molecule has 2 atom stereocenters. The van der Waals surface area contributed by atoms with Gasteiger partial charge >= 0.3 is 0 Å². The molecular weight excluding hydrogens is 270 g/mol. The summed E-state index contributed by atoms with van der Waals surface area (Å²) in [5.74, 6) is 0.347. The molecule has 6 heteroatoms. The Labute approximate surface area is 126 Å². The summed E-state index contributed by atoms with van der Waals surface area (Å²) in [6.45, 7) is 5.63. The van der Waals surface area contributed by atoms with Gasteiger partial charge in [-0.05, 0) is 38.5 Å². The minimum atomic E-state index is -0.607. The lowest BCUT2D eigenvalue weighted by atomic mass is 9.87. The first-order chi connectivity index (χ1) is 9.97. The fourth-order valence-corrected chi connectivity index (χ4v) is 3.09. The summed E-state index contributed by atoms with van der Waals surface area (Å²) in [7, 11) is 0. The van der Waals surface area contributed by atoms with E-state index >= 15 is 0 Å². The second-order valence-corrected chi connectivity index (χ2v) is 6.40. The van der Waals surface area contributed by atoms with Crippen LogP contribution in [-0.2, 0) is 14.3 Å². The molecule has 1 heterocycles. The Bertz CT molecular complexity index is 380. The maximum atomic E-state index is 12.4. The van der Waals surface area contributed by atoms with E-state index in [1.165, 1.54) is 12.8 Å². The van der Waals surface area contributed by atoms with Crippen molar-refractivity contribution < 1.29 is 14.3 Å². The minimum absolute atomic E-state index is 0.0414. The van der Waals surface area contributed by atoms with Gasteiger partial charge < -0.3 is 15.8 Å². The predicted octanol–water partition coefficient (Wildman–Crippen LogP) is 0.256. The molecule has 1 aliphatic carbocycles. The molecule has 2 amide bonds. The van der Waals surface area contributed by atoms with Crippen LogP contribution in [0.15, 0.2) is 0 Å². The highest BCUT2D eigenvalue weighted by Crippen LogP contribution is 2.23. The molecule has 0 spiro atoms. The van der Waals surface area contributed by atoms with Gasteiger partial charge in [0.25, 0.3) is 0 Å². The number of amides is 2. The van der Waals surface area contributed by atoms with Gasteiger partial charge in [-0.3, -0.25) is 14.5 Å². The lowest BCUT2D eigenvalue weighted by Crippen LogP contribution is -2.56. The Balaban J connectivity index is 1.82. The summed E-state index contributed by atoms with van der Waals surface area (Å²) < 4.78 is 5.31. The number of carbonyl (C=O) groups is 2. The highest BCUT2D eigenvalue weighted by molar-refractivity contribution is 5.82. The largest absolute Gasteiger partial charge is 0.367 e. The fourth-order valence-electron chi connectivity index (χ4n) is 3.09. The summed E-state index contributed by atoms with van der Waals surface area (Å²) >= 11 is 0. The number of nitrogens with one attached hydrogen (secondary N) is 1. The van der Waals surface area contributed by atoms with Crippen LogP contribution in [0.4, 0.5) is 0 Å².